The van der Waals surface area contributed by atoms with Gasteiger partial charge in [-0.3, -0.25) is 5.32 Å². The SMILES string of the molecule is CC.CCCCOC(=O)Nc1cc(-c2ccc(C)cc2)ccn1. The number of carbonyl (C=O) groups is 1. The van der Waals surface area contributed by atoms with Crippen LogP contribution in [-0.2, 0) is 4.74 Å². The number of aromatic nitrogens is 1. The van der Waals surface area contributed by atoms with Gasteiger partial charge in [0, 0.05) is 6.20 Å². The Morgan fingerprint density at radius 2 is 1.83 bits per heavy atom. The molecule has 4 heteroatoms. The van der Waals surface area contributed by atoms with Crippen molar-refractivity contribution >= 4 is 11.9 Å². The predicted molar refractivity (Wildman–Crippen MR) is 95.6 cm³/mol. The average Bonchev–Trinajstić information content (AvgIpc) is 2.58. The van der Waals surface area contributed by atoms with Crippen LogP contribution in [0.3, 0.4) is 0 Å². The smallest absolute Gasteiger partial charge is 0.412 e. The van der Waals surface area contributed by atoms with Crippen molar-refractivity contribution in [3.8, 4) is 11.1 Å². The van der Waals surface area contributed by atoms with Gasteiger partial charge in [0.1, 0.15) is 5.82 Å². The number of unbranched alkanes of at least 4 members (excludes halogenated alkanes) is 1. The fourth-order valence-corrected chi connectivity index (χ4v) is 1.87. The molecule has 0 aliphatic carbocycles. The fraction of sp³-hybridized carbons (Fsp3) is 0.368. The third-order valence-corrected chi connectivity index (χ3v) is 3.11. The van der Waals surface area contributed by atoms with E-state index >= 15 is 0 Å². The van der Waals surface area contributed by atoms with Crippen molar-refractivity contribution in [2.75, 3.05) is 11.9 Å². The van der Waals surface area contributed by atoms with E-state index in [1.54, 1.807) is 6.20 Å². The van der Waals surface area contributed by atoms with Crippen LogP contribution in [0.4, 0.5) is 10.6 Å². The molecule has 0 radical (unpaired) electrons. The third-order valence-electron chi connectivity index (χ3n) is 3.11. The van der Waals surface area contributed by atoms with Gasteiger partial charge < -0.3 is 4.74 Å². The summed E-state index contributed by atoms with van der Waals surface area (Å²) >= 11 is 0. The van der Waals surface area contributed by atoms with E-state index in [-0.39, 0.29) is 0 Å². The van der Waals surface area contributed by atoms with Gasteiger partial charge in [-0.2, -0.15) is 0 Å². The van der Waals surface area contributed by atoms with Gasteiger partial charge in [-0.25, -0.2) is 9.78 Å². The lowest BCUT2D eigenvalue weighted by Gasteiger charge is -2.07. The van der Waals surface area contributed by atoms with Crippen LogP contribution in [0.2, 0.25) is 0 Å². The van der Waals surface area contributed by atoms with E-state index in [2.05, 4.69) is 29.4 Å². The average molecular weight is 314 g/mol. The number of benzene rings is 1. The summed E-state index contributed by atoms with van der Waals surface area (Å²) in [5.74, 6) is 0.495. The number of nitrogens with zero attached hydrogens (tertiary/aromatic N) is 1. The van der Waals surface area contributed by atoms with Gasteiger partial charge in [-0.15, -0.1) is 0 Å². The van der Waals surface area contributed by atoms with E-state index < -0.39 is 6.09 Å². The summed E-state index contributed by atoms with van der Waals surface area (Å²) in [6.45, 7) is 8.53. The molecule has 0 aliphatic rings. The van der Waals surface area contributed by atoms with Gasteiger partial charge in [0.05, 0.1) is 6.61 Å². The number of carbonyl (C=O) groups excluding carboxylic acids is 1. The number of ether oxygens (including phenoxy) is 1. The molecule has 0 fully saturated rings. The first-order valence-corrected chi connectivity index (χ1v) is 8.16. The summed E-state index contributed by atoms with van der Waals surface area (Å²) in [5, 5.41) is 2.65. The minimum atomic E-state index is -0.461. The number of hydrogen-bond acceptors (Lipinski definition) is 3. The van der Waals surface area contributed by atoms with Gasteiger partial charge in [0.15, 0.2) is 0 Å². The monoisotopic (exact) mass is 314 g/mol. The molecule has 124 valence electrons. The molecular formula is C19H26N2O2. The Labute approximate surface area is 138 Å². The van der Waals surface area contributed by atoms with Crippen molar-refractivity contribution in [1.29, 1.82) is 0 Å². The van der Waals surface area contributed by atoms with Crippen LogP contribution in [0.1, 0.15) is 39.2 Å². The van der Waals surface area contributed by atoms with Crippen molar-refractivity contribution in [3.63, 3.8) is 0 Å². The summed E-state index contributed by atoms with van der Waals surface area (Å²) in [5.41, 5.74) is 3.31. The molecule has 0 bridgehead atoms. The molecule has 2 rings (SSSR count). The third kappa shape index (κ3) is 6.51. The first-order valence-electron chi connectivity index (χ1n) is 8.16. The Kier molecular flexibility index (Phi) is 8.43. The van der Waals surface area contributed by atoms with Crippen LogP contribution in [0.25, 0.3) is 11.1 Å². The van der Waals surface area contributed by atoms with Crippen molar-refractivity contribution in [1.82, 2.24) is 4.98 Å². The molecule has 1 aromatic heterocycles. The molecular weight excluding hydrogens is 288 g/mol. The Hall–Kier alpha value is -2.36. The topological polar surface area (TPSA) is 51.2 Å². The highest BCUT2D eigenvalue weighted by atomic mass is 16.5. The maximum Gasteiger partial charge on any atom is 0.412 e. The van der Waals surface area contributed by atoms with Crippen LogP contribution >= 0.6 is 0 Å². The lowest BCUT2D eigenvalue weighted by molar-refractivity contribution is 0.160. The highest BCUT2D eigenvalue weighted by molar-refractivity contribution is 5.84. The largest absolute Gasteiger partial charge is 0.449 e. The highest BCUT2D eigenvalue weighted by Crippen LogP contribution is 2.21. The van der Waals surface area contributed by atoms with Crippen LogP contribution in [0.5, 0.6) is 0 Å². The second kappa shape index (κ2) is 10.4. The molecule has 23 heavy (non-hydrogen) atoms. The quantitative estimate of drug-likeness (QED) is 0.748. The van der Waals surface area contributed by atoms with Gasteiger partial charge in [-0.1, -0.05) is 57.0 Å². The number of hydrogen-bond donors (Lipinski definition) is 1. The summed E-state index contributed by atoms with van der Waals surface area (Å²) in [6, 6.07) is 12.0. The first kappa shape index (κ1) is 18.7. The predicted octanol–water partition coefficient (Wildman–Crippen LogP) is 5.43. The first-order chi connectivity index (χ1) is 11.2. The van der Waals surface area contributed by atoms with E-state index in [9.17, 15) is 4.79 Å². The minimum Gasteiger partial charge on any atom is -0.449 e. The van der Waals surface area contributed by atoms with Gasteiger partial charge in [0.25, 0.3) is 0 Å². The summed E-state index contributed by atoms with van der Waals surface area (Å²) < 4.78 is 5.06. The molecule has 0 spiro atoms. The number of amides is 1. The summed E-state index contributed by atoms with van der Waals surface area (Å²) in [6.07, 6.45) is 3.08. The molecule has 1 heterocycles. The number of anilines is 1. The fourth-order valence-electron chi connectivity index (χ4n) is 1.87. The molecule has 2 aromatic rings. The molecule has 0 saturated carbocycles. The number of aryl methyl sites for hydroxylation is 1. The summed E-state index contributed by atoms with van der Waals surface area (Å²) in [4.78, 5) is 15.7. The molecule has 4 nitrogen and oxygen atoms in total. The maximum absolute atomic E-state index is 11.6. The highest BCUT2D eigenvalue weighted by Gasteiger charge is 2.05. The zero-order chi connectivity index (χ0) is 17.1. The molecule has 1 amide bonds. The zero-order valence-electron chi connectivity index (χ0n) is 14.4. The van der Waals surface area contributed by atoms with Crippen LogP contribution in [0.15, 0.2) is 42.6 Å². The standard InChI is InChI=1S/C17H20N2O2.C2H6/c1-3-4-11-21-17(20)19-16-12-15(9-10-18-16)14-7-5-13(2)6-8-14;1-2/h5-10,12H,3-4,11H2,1-2H3,(H,18,19,20);1-2H3. The maximum atomic E-state index is 11.6. The Balaban J connectivity index is 0.00000127. The molecule has 0 saturated heterocycles. The number of nitrogens with one attached hydrogen (secondary N) is 1. The van der Waals surface area contributed by atoms with Crippen molar-refractivity contribution in [2.45, 2.75) is 40.5 Å². The Morgan fingerprint density at radius 1 is 1.13 bits per heavy atom. The molecule has 0 aliphatic heterocycles. The van der Waals surface area contributed by atoms with E-state index in [4.69, 9.17) is 4.74 Å². The van der Waals surface area contributed by atoms with E-state index in [1.807, 2.05) is 45.0 Å². The molecule has 1 N–H and O–H groups in total. The minimum absolute atomic E-state index is 0.431. The second-order valence-electron chi connectivity index (χ2n) is 4.91. The van der Waals surface area contributed by atoms with Crippen LogP contribution in [-0.4, -0.2) is 17.7 Å². The van der Waals surface area contributed by atoms with E-state index in [0.29, 0.717) is 12.4 Å². The Morgan fingerprint density at radius 3 is 2.48 bits per heavy atom. The van der Waals surface area contributed by atoms with Crippen molar-refractivity contribution in [2.24, 2.45) is 0 Å². The molecule has 1 aromatic carbocycles. The number of pyridine rings is 1. The lowest BCUT2D eigenvalue weighted by Crippen LogP contribution is -2.15. The van der Waals surface area contributed by atoms with Crippen LogP contribution in [0, 0.1) is 6.92 Å². The van der Waals surface area contributed by atoms with Crippen LogP contribution < -0.4 is 5.32 Å². The Bertz CT molecular complexity index is 595. The number of rotatable bonds is 5. The summed E-state index contributed by atoms with van der Waals surface area (Å²) in [7, 11) is 0. The zero-order valence-corrected chi connectivity index (χ0v) is 14.4. The lowest BCUT2D eigenvalue weighted by atomic mass is 10.1. The van der Waals surface area contributed by atoms with E-state index in [1.165, 1.54) is 5.56 Å². The van der Waals surface area contributed by atoms with Gasteiger partial charge in [-0.05, 0) is 36.6 Å². The van der Waals surface area contributed by atoms with E-state index in [0.717, 1.165) is 24.0 Å². The van der Waals surface area contributed by atoms with Crippen molar-refractivity contribution < 1.29 is 9.53 Å². The van der Waals surface area contributed by atoms with Gasteiger partial charge in [0.2, 0.25) is 0 Å². The second-order valence-corrected chi connectivity index (χ2v) is 4.91. The molecule has 0 unspecified atom stereocenters. The van der Waals surface area contributed by atoms with Crippen molar-refractivity contribution in [3.05, 3.63) is 48.2 Å². The molecule has 0 atom stereocenters. The van der Waals surface area contributed by atoms with Gasteiger partial charge >= 0.3 is 6.09 Å². The normalized spacial score (nSPS) is 9.57.